The van der Waals surface area contributed by atoms with E-state index in [0.717, 1.165) is 5.56 Å². The molecule has 0 bridgehead atoms. The van der Waals surface area contributed by atoms with Gasteiger partial charge < -0.3 is 5.32 Å². The van der Waals surface area contributed by atoms with Gasteiger partial charge in [-0.15, -0.1) is 0 Å². The van der Waals surface area contributed by atoms with E-state index in [1.54, 1.807) is 30.3 Å². The lowest BCUT2D eigenvalue weighted by Gasteiger charge is -2.15. The van der Waals surface area contributed by atoms with Gasteiger partial charge in [0.25, 0.3) is 5.69 Å². The molecule has 0 aliphatic heterocycles. The molecule has 0 amide bonds. The summed E-state index contributed by atoms with van der Waals surface area (Å²) < 4.78 is 14.1. The largest absolute Gasteiger partial charge is 0.306 e. The highest BCUT2D eigenvalue weighted by Gasteiger charge is 2.16. The van der Waals surface area contributed by atoms with Gasteiger partial charge in [-0.2, -0.15) is 0 Å². The Balaban J connectivity index is 2.12. The van der Waals surface area contributed by atoms with Crippen molar-refractivity contribution in [1.82, 2.24) is 5.32 Å². The molecule has 2 rings (SSSR count). The number of nitrogens with zero attached hydrogens (tertiary/aromatic N) is 1. The summed E-state index contributed by atoms with van der Waals surface area (Å²) in [5.41, 5.74) is 1.35. The maximum Gasteiger partial charge on any atom is 0.283 e. The minimum absolute atomic E-state index is 0.0212. The minimum Gasteiger partial charge on any atom is -0.306 e. The number of nitro benzene ring substituents is 1. The van der Waals surface area contributed by atoms with Crippen LogP contribution in [0.2, 0.25) is 0 Å². The van der Waals surface area contributed by atoms with Gasteiger partial charge in [-0.25, -0.2) is 4.39 Å². The zero-order valence-corrected chi connectivity index (χ0v) is 12.9. The highest BCUT2D eigenvalue weighted by Crippen LogP contribution is 2.28. The normalized spacial score (nSPS) is 12.1. The molecule has 1 unspecified atom stereocenters. The third kappa shape index (κ3) is 3.65. The summed E-state index contributed by atoms with van der Waals surface area (Å²) in [4.78, 5) is 10.4. The molecule has 2 aromatic rings. The fraction of sp³-hybridized carbons (Fsp3) is 0.200. The number of benzene rings is 2. The van der Waals surface area contributed by atoms with Gasteiger partial charge in [0, 0.05) is 24.2 Å². The molecule has 0 aliphatic rings. The Labute approximate surface area is 130 Å². The van der Waals surface area contributed by atoms with Crippen LogP contribution in [0.3, 0.4) is 0 Å². The topological polar surface area (TPSA) is 55.2 Å². The molecule has 4 nitrogen and oxygen atoms in total. The average Bonchev–Trinajstić information content (AvgIpc) is 2.46. The van der Waals surface area contributed by atoms with Crippen molar-refractivity contribution in [3.63, 3.8) is 0 Å². The first-order valence-electron chi connectivity index (χ1n) is 6.40. The average molecular weight is 353 g/mol. The monoisotopic (exact) mass is 352 g/mol. The van der Waals surface area contributed by atoms with Gasteiger partial charge in [-0.05, 0) is 34.5 Å². The van der Waals surface area contributed by atoms with Crippen LogP contribution >= 0.6 is 15.9 Å². The second kappa shape index (κ2) is 6.78. The van der Waals surface area contributed by atoms with E-state index >= 15 is 0 Å². The maximum absolute atomic E-state index is 13.7. The minimum atomic E-state index is -0.437. The first kappa shape index (κ1) is 15.6. The lowest BCUT2D eigenvalue weighted by atomic mass is 10.1. The van der Waals surface area contributed by atoms with E-state index in [0.29, 0.717) is 16.6 Å². The van der Waals surface area contributed by atoms with Gasteiger partial charge in [0.2, 0.25) is 0 Å². The van der Waals surface area contributed by atoms with Crippen molar-refractivity contribution in [3.8, 4) is 0 Å². The second-order valence-corrected chi connectivity index (χ2v) is 5.42. The van der Waals surface area contributed by atoms with E-state index in [1.807, 2.05) is 6.92 Å². The number of hydrogen-bond acceptors (Lipinski definition) is 3. The van der Waals surface area contributed by atoms with E-state index in [-0.39, 0.29) is 17.5 Å². The van der Waals surface area contributed by atoms with E-state index in [1.165, 1.54) is 12.1 Å². The zero-order valence-electron chi connectivity index (χ0n) is 11.3. The summed E-state index contributed by atoms with van der Waals surface area (Å²) in [5.74, 6) is -0.268. The number of nitrogens with one attached hydrogen (secondary N) is 1. The Bertz CT molecular complexity index is 664. The lowest BCUT2D eigenvalue weighted by Crippen LogP contribution is -2.19. The first-order chi connectivity index (χ1) is 10.0. The van der Waals surface area contributed by atoms with Crippen molar-refractivity contribution in [3.05, 3.63) is 74.0 Å². The fourth-order valence-electron chi connectivity index (χ4n) is 2.04. The summed E-state index contributed by atoms with van der Waals surface area (Å²) in [7, 11) is 0. The molecule has 0 fully saturated rings. The van der Waals surface area contributed by atoms with Gasteiger partial charge in [-0.1, -0.05) is 30.3 Å². The quantitative estimate of drug-likeness (QED) is 0.642. The predicted octanol–water partition coefficient (Wildman–Crippen LogP) is 4.35. The molecule has 0 heterocycles. The molecular weight excluding hydrogens is 339 g/mol. The van der Waals surface area contributed by atoms with Gasteiger partial charge in [0.05, 0.1) is 9.40 Å². The van der Waals surface area contributed by atoms with Crippen LogP contribution in [0.15, 0.2) is 46.9 Å². The van der Waals surface area contributed by atoms with Gasteiger partial charge >= 0.3 is 0 Å². The smallest absolute Gasteiger partial charge is 0.283 e. The molecule has 2 aromatic carbocycles. The number of nitro groups is 1. The number of rotatable bonds is 5. The van der Waals surface area contributed by atoms with Crippen molar-refractivity contribution in [2.24, 2.45) is 0 Å². The Morgan fingerprint density at radius 2 is 2.00 bits per heavy atom. The Hall–Kier alpha value is -1.79. The van der Waals surface area contributed by atoms with Crippen molar-refractivity contribution >= 4 is 21.6 Å². The summed E-state index contributed by atoms with van der Waals surface area (Å²) in [6.07, 6.45) is 0. The van der Waals surface area contributed by atoms with Crippen LogP contribution in [0.5, 0.6) is 0 Å². The van der Waals surface area contributed by atoms with E-state index < -0.39 is 4.92 Å². The van der Waals surface area contributed by atoms with Gasteiger partial charge in [-0.3, -0.25) is 10.1 Å². The molecule has 0 aromatic heterocycles. The van der Waals surface area contributed by atoms with Crippen molar-refractivity contribution in [1.29, 1.82) is 0 Å². The molecular formula is C15H14BrFN2O2. The van der Waals surface area contributed by atoms with Crippen molar-refractivity contribution in [2.45, 2.75) is 19.5 Å². The predicted molar refractivity (Wildman–Crippen MR) is 82.5 cm³/mol. The molecule has 0 spiro atoms. The summed E-state index contributed by atoms with van der Waals surface area (Å²) in [6.45, 7) is 2.25. The Kier molecular flexibility index (Phi) is 5.03. The van der Waals surface area contributed by atoms with E-state index in [4.69, 9.17) is 0 Å². The summed E-state index contributed by atoms with van der Waals surface area (Å²) in [5, 5.41) is 14.1. The maximum atomic E-state index is 13.7. The molecule has 0 aliphatic carbocycles. The second-order valence-electron chi connectivity index (χ2n) is 4.63. The third-order valence-electron chi connectivity index (χ3n) is 3.23. The van der Waals surface area contributed by atoms with E-state index in [2.05, 4.69) is 21.2 Å². The number of halogens is 2. The number of hydrogen-bond donors (Lipinski definition) is 1. The Morgan fingerprint density at radius 1 is 1.29 bits per heavy atom. The molecule has 0 saturated carbocycles. The van der Waals surface area contributed by atoms with Gasteiger partial charge in [0.1, 0.15) is 5.82 Å². The molecule has 6 heteroatoms. The van der Waals surface area contributed by atoms with Crippen LogP contribution in [0.25, 0.3) is 0 Å². The van der Waals surface area contributed by atoms with E-state index in [9.17, 15) is 14.5 Å². The molecule has 1 atom stereocenters. The summed E-state index contributed by atoms with van der Waals surface area (Å²) >= 11 is 3.25. The fourth-order valence-corrected chi connectivity index (χ4v) is 2.59. The molecule has 0 radical (unpaired) electrons. The molecule has 110 valence electrons. The lowest BCUT2D eigenvalue weighted by molar-refractivity contribution is -0.385. The van der Waals surface area contributed by atoms with Crippen LogP contribution in [-0.4, -0.2) is 4.92 Å². The SMILES string of the molecule is CC(NCc1cccc([N+](=O)[O-])c1Br)c1ccccc1F. The van der Waals surface area contributed by atoms with Crippen molar-refractivity contribution < 1.29 is 9.31 Å². The molecule has 21 heavy (non-hydrogen) atoms. The molecule has 1 N–H and O–H groups in total. The van der Waals surface area contributed by atoms with Crippen LogP contribution in [-0.2, 0) is 6.54 Å². The van der Waals surface area contributed by atoms with Crippen LogP contribution < -0.4 is 5.32 Å². The standard InChI is InChI=1S/C15H14BrFN2O2/c1-10(12-6-2-3-7-13(12)17)18-9-11-5-4-8-14(15(11)16)19(20)21/h2-8,10,18H,9H2,1H3. The van der Waals surface area contributed by atoms with Gasteiger partial charge in [0.15, 0.2) is 0 Å². The third-order valence-corrected chi connectivity index (χ3v) is 4.14. The van der Waals surface area contributed by atoms with Crippen molar-refractivity contribution in [2.75, 3.05) is 0 Å². The summed E-state index contributed by atoms with van der Waals surface area (Å²) in [6, 6.07) is 11.2. The van der Waals surface area contributed by atoms with Crippen LogP contribution in [0.1, 0.15) is 24.1 Å². The Morgan fingerprint density at radius 3 is 2.67 bits per heavy atom. The highest BCUT2D eigenvalue weighted by molar-refractivity contribution is 9.10. The first-order valence-corrected chi connectivity index (χ1v) is 7.19. The highest BCUT2D eigenvalue weighted by atomic mass is 79.9. The molecule has 0 saturated heterocycles. The zero-order chi connectivity index (χ0) is 15.4. The van der Waals surface area contributed by atoms with Crippen LogP contribution in [0, 0.1) is 15.9 Å². The van der Waals surface area contributed by atoms with Crippen LogP contribution in [0.4, 0.5) is 10.1 Å².